The van der Waals surface area contributed by atoms with Crippen molar-refractivity contribution >= 4 is 5.91 Å². The lowest BCUT2D eigenvalue weighted by molar-refractivity contribution is 0.0772. The van der Waals surface area contributed by atoms with E-state index in [0.29, 0.717) is 24.5 Å². The van der Waals surface area contributed by atoms with Gasteiger partial charge in [0.2, 0.25) is 0 Å². The molecule has 1 amide bonds. The summed E-state index contributed by atoms with van der Waals surface area (Å²) in [7, 11) is 3.70. The number of rotatable bonds is 7. The van der Waals surface area contributed by atoms with Gasteiger partial charge in [-0.1, -0.05) is 35.5 Å². The predicted molar refractivity (Wildman–Crippen MR) is 95.9 cm³/mol. The van der Waals surface area contributed by atoms with Crippen LogP contribution in [0, 0.1) is 0 Å². The fourth-order valence-corrected chi connectivity index (χ4v) is 2.63. The van der Waals surface area contributed by atoms with Gasteiger partial charge < -0.3 is 9.42 Å². The molecule has 0 spiro atoms. The van der Waals surface area contributed by atoms with Crippen molar-refractivity contribution in [3.63, 3.8) is 0 Å². The van der Waals surface area contributed by atoms with Crippen LogP contribution in [0.1, 0.15) is 27.5 Å². The average Bonchev–Trinajstić information content (AvgIpc) is 3.11. The molecule has 2 aromatic heterocycles. The van der Waals surface area contributed by atoms with Gasteiger partial charge in [0, 0.05) is 32.1 Å². The summed E-state index contributed by atoms with van der Waals surface area (Å²) < 4.78 is 5.33. The molecule has 7 nitrogen and oxygen atoms in total. The molecule has 1 aromatic carbocycles. The molecule has 7 heteroatoms. The Balaban J connectivity index is 1.57. The van der Waals surface area contributed by atoms with E-state index in [1.807, 2.05) is 25.2 Å². The van der Waals surface area contributed by atoms with Gasteiger partial charge in [0.1, 0.15) is 0 Å². The Morgan fingerprint density at radius 2 is 1.88 bits per heavy atom. The largest absolute Gasteiger partial charge is 0.359 e. The van der Waals surface area contributed by atoms with Gasteiger partial charge in [-0.05, 0) is 12.6 Å². The summed E-state index contributed by atoms with van der Waals surface area (Å²) in [5.41, 5.74) is 2.23. The molecule has 0 aliphatic carbocycles. The summed E-state index contributed by atoms with van der Waals surface area (Å²) in [6, 6.07) is 11.9. The van der Waals surface area contributed by atoms with Crippen LogP contribution in [0.2, 0.25) is 0 Å². The molecule has 0 N–H and O–H groups in total. The van der Waals surface area contributed by atoms with Crippen molar-refractivity contribution in [2.45, 2.75) is 19.6 Å². The zero-order chi connectivity index (χ0) is 18.4. The molecule has 0 atom stereocenters. The van der Waals surface area contributed by atoms with Crippen LogP contribution >= 0.6 is 0 Å². The highest BCUT2D eigenvalue weighted by Gasteiger charge is 2.18. The van der Waals surface area contributed by atoms with Crippen molar-refractivity contribution in [3.05, 3.63) is 77.7 Å². The number of hydrogen-bond donors (Lipinski definition) is 0. The number of benzene rings is 1. The highest BCUT2D eigenvalue weighted by atomic mass is 16.5. The summed E-state index contributed by atoms with van der Waals surface area (Å²) in [5.74, 6) is 0.441. The first-order valence-electron chi connectivity index (χ1n) is 8.30. The molecular formula is C19H21N5O2. The monoisotopic (exact) mass is 351 g/mol. The van der Waals surface area contributed by atoms with Gasteiger partial charge in [-0.25, -0.2) is 0 Å². The Bertz CT molecular complexity index is 835. The normalized spacial score (nSPS) is 10.9. The average molecular weight is 351 g/mol. The van der Waals surface area contributed by atoms with E-state index in [-0.39, 0.29) is 5.91 Å². The van der Waals surface area contributed by atoms with Gasteiger partial charge in [-0.2, -0.15) is 0 Å². The SMILES string of the molecule is CN(Cc1ccccc1)Cc1cc(C(=O)N(C)Cc2cnccn2)no1. The predicted octanol–water partition coefficient (Wildman–Crippen LogP) is 2.37. The smallest absolute Gasteiger partial charge is 0.276 e. The lowest BCUT2D eigenvalue weighted by atomic mass is 10.2. The second kappa shape index (κ2) is 8.35. The van der Waals surface area contributed by atoms with Gasteiger partial charge >= 0.3 is 0 Å². The van der Waals surface area contributed by atoms with Gasteiger partial charge in [0.05, 0.1) is 25.0 Å². The molecule has 0 unspecified atom stereocenters. The summed E-state index contributed by atoms with van der Waals surface area (Å²) in [6.07, 6.45) is 4.84. The van der Waals surface area contributed by atoms with E-state index in [0.717, 1.165) is 12.2 Å². The highest BCUT2D eigenvalue weighted by Crippen LogP contribution is 2.12. The van der Waals surface area contributed by atoms with Crippen LogP contribution in [0.4, 0.5) is 0 Å². The molecule has 0 saturated heterocycles. The molecule has 0 radical (unpaired) electrons. The van der Waals surface area contributed by atoms with Crippen molar-refractivity contribution in [3.8, 4) is 0 Å². The minimum Gasteiger partial charge on any atom is -0.359 e. The fraction of sp³-hybridized carbons (Fsp3) is 0.263. The number of hydrogen-bond acceptors (Lipinski definition) is 6. The third-order valence-corrected chi connectivity index (χ3v) is 3.86. The highest BCUT2D eigenvalue weighted by molar-refractivity contribution is 5.92. The van der Waals surface area contributed by atoms with Crippen LogP contribution in [-0.2, 0) is 19.6 Å². The van der Waals surface area contributed by atoms with E-state index in [1.54, 1.807) is 36.6 Å². The first kappa shape index (κ1) is 17.8. The quantitative estimate of drug-likeness (QED) is 0.650. The zero-order valence-electron chi connectivity index (χ0n) is 14.9. The maximum atomic E-state index is 12.5. The van der Waals surface area contributed by atoms with E-state index < -0.39 is 0 Å². The lowest BCUT2D eigenvalue weighted by Crippen LogP contribution is -2.27. The Morgan fingerprint density at radius 1 is 1.08 bits per heavy atom. The molecule has 26 heavy (non-hydrogen) atoms. The van der Waals surface area contributed by atoms with Crippen LogP contribution < -0.4 is 0 Å². The van der Waals surface area contributed by atoms with E-state index in [9.17, 15) is 4.79 Å². The molecule has 0 fully saturated rings. The Hall–Kier alpha value is -3.06. The molecule has 0 aliphatic heterocycles. The molecule has 0 saturated carbocycles. The number of nitrogens with zero attached hydrogens (tertiary/aromatic N) is 5. The molecule has 0 aliphatic rings. The van der Waals surface area contributed by atoms with Crippen LogP contribution in [0.25, 0.3) is 0 Å². The first-order chi connectivity index (χ1) is 12.6. The van der Waals surface area contributed by atoms with Gasteiger partial charge in [0.25, 0.3) is 5.91 Å². The standard InChI is InChI=1S/C19H21N5O2/c1-23(12-15-6-4-3-5-7-15)14-17-10-18(22-26-17)19(25)24(2)13-16-11-20-8-9-21-16/h3-11H,12-14H2,1-2H3. The zero-order valence-corrected chi connectivity index (χ0v) is 14.9. The molecule has 2 heterocycles. The van der Waals surface area contributed by atoms with Crippen molar-refractivity contribution in [2.75, 3.05) is 14.1 Å². The molecule has 3 aromatic rings. The van der Waals surface area contributed by atoms with Gasteiger partial charge in [-0.3, -0.25) is 19.7 Å². The first-order valence-corrected chi connectivity index (χ1v) is 8.30. The number of carbonyl (C=O) groups excluding carboxylic acids is 1. The maximum Gasteiger partial charge on any atom is 0.276 e. The summed E-state index contributed by atoms with van der Waals surface area (Å²) in [6.45, 7) is 1.73. The number of aromatic nitrogens is 3. The molecule has 0 bridgehead atoms. The van der Waals surface area contributed by atoms with Crippen LogP contribution in [0.3, 0.4) is 0 Å². The second-order valence-corrected chi connectivity index (χ2v) is 6.19. The second-order valence-electron chi connectivity index (χ2n) is 6.19. The van der Waals surface area contributed by atoms with Crippen LogP contribution in [0.5, 0.6) is 0 Å². The third kappa shape index (κ3) is 4.73. The maximum absolute atomic E-state index is 12.5. The Kier molecular flexibility index (Phi) is 5.70. The number of carbonyl (C=O) groups is 1. The summed E-state index contributed by atoms with van der Waals surface area (Å²) >= 11 is 0. The lowest BCUT2D eigenvalue weighted by Gasteiger charge is -2.15. The number of amides is 1. The van der Waals surface area contributed by atoms with E-state index >= 15 is 0 Å². The van der Waals surface area contributed by atoms with E-state index in [2.05, 4.69) is 32.2 Å². The van der Waals surface area contributed by atoms with Crippen molar-refractivity contribution in [1.29, 1.82) is 0 Å². The fourth-order valence-electron chi connectivity index (χ4n) is 2.63. The van der Waals surface area contributed by atoms with E-state index in [1.165, 1.54) is 5.56 Å². The van der Waals surface area contributed by atoms with Crippen LogP contribution in [-0.4, -0.2) is 44.9 Å². The molecule has 134 valence electrons. The third-order valence-electron chi connectivity index (χ3n) is 3.86. The van der Waals surface area contributed by atoms with Crippen molar-refractivity contribution in [2.24, 2.45) is 0 Å². The van der Waals surface area contributed by atoms with E-state index in [4.69, 9.17) is 4.52 Å². The van der Waals surface area contributed by atoms with Crippen molar-refractivity contribution < 1.29 is 9.32 Å². The van der Waals surface area contributed by atoms with Crippen molar-refractivity contribution in [1.82, 2.24) is 24.9 Å². The summed E-state index contributed by atoms with van der Waals surface area (Å²) in [4.78, 5) is 24.3. The molecule has 3 rings (SSSR count). The van der Waals surface area contributed by atoms with Gasteiger partial charge in [-0.15, -0.1) is 0 Å². The molecular weight excluding hydrogens is 330 g/mol. The minimum atomic E-state index is -0.212. The van der Waals surface area contributed by atoms with Crippen LogP contribution in [0.15, 0.2) is 59.5 Å². The Morgan fingerprint density at radius 3 is 2.62 bits per heavy atom. The Labute approximate surface area is 152 Å². The summed E-state index contributed by atoms with van der Waals surface area (Å²) in [5, 5.41) is 3.91. The topological polar surface area (TPSA) is 75.4 Å². The minimum absolute atomic E-state index is 0.212. The van der Waals surface area contributed by atoms with Gasteiger partial charge in [0.15, 0.2) is 11.5 Å².